The van der Waals surface area contributed by atoms with E-state index in [4.69, 9.17) is 4.74 Å². The zero-order valence-corrected chi connectivity index (χ0v) is 15.5. The van der Waals surface area contributed by atoms with Crippen LogP contribution in [0.2, 0.25) is 0 Å². The van der Waals surface area contributed by atoms with Crippen molar-refractivity contribution in [2.45, 2.75) is 32.7 Å². The van der Waals surface area contributed by atoms with Gasteiger partial charge in [0.15, 0.2) is 0 Å². The van der Waals surface area contributed by atoms with E-state index >= 15 is 0 Å². The molecule has 0 saturated carbocycles. The Balaban J connectivity index is 1.75. The van der Waals surface area contributed by atoms with E-state index in [1.165, 1.54) is 5.56 Å². The van der Waals surface area contributed by atoms with Gasteiger partial charge in [-0.25, -0.2) is 0 Å². The number of amides is 1. The molecule has 1 saturated heterocycles. The van der Waals surface area contributed by atoms with Crippen LogP contribution in [0.25, 0.3) is 0 Å². The van der Waals surface area contributed by atoms with Crippen LogP contribution >= 0.6 is 15.9 Å². The van der Waals surface area contributed by atoms with Crippen LogP contribution in [0.1, 0.15) is 31.7 Å². The lowest BCUT2D eigenvalue weighted by atomic mass is 9.96. The molecule has 23 heavy (non-hydrogen) atoms. The number of carbonyl (C=O) groups excluding carboxylic acids is 1. The fraction of sp³-hybridized carbons (Fsp3) is 0.611. The molecule has 5 heteroatoms. The Hall–Kier alpha value is -0.910. The van der Waals surface area contributed by atoms with E-state index in [9.17, 15) is 4.79 Å². The summed E-state index contributed by atoms with van der Waals surface area (Å²) in [5, 5.41) is 3.05. The number of ether oxygens (including phenoxy) is 1. The predicted molar refractivity (Wildman–Crippen MR) is 96.3 cm³/mol. The van der Waals surface area contributed by atoms with E-state index in [1.54, 1.807) is 0 Å². The highest BCUT2D eigenvalue weighted by atomic mass is 79.9. The van der Waals surface area contributed by atoms with Crippen molar-refractivity contribution in [3.05, 3.63) is 34.3 Å². The van der Waals surface area contributed by atoms with Crippen molar-refractivity contribution in [3.8, 4) is 0 Å². The SMILES string of the molecule is CCOCCCNC(=O)C1CCCN(Cc2cccc(Br)c2)C1. The number of carbonyl (C=O) groups is 1. The molecule has 1 amide bonds. The van der Waals surface area contributed by atoms with E-state index < -0.39 is 0 Å². The molecular formula is C18H27BrN2O2. The molecule has 1 fully saturated rings. The predicted octanol–water partition coefficient (Wildman–Crippen LogP) is 3.20. The number of benzene rings is 1. The van der Waals surface area contributed by atoms with Crippen molar-refractivity contribution >= 4 is 21.8 Å². The third-order valence-electron chi connectivity index (χ3n) is 4.14. The van der Waals surface area contributed by atoms with Crippen LogP contribution in [0.5, 0.6) is 0 Å². The minimum Gasteiger partial charge on any atom is -0.382 e. The molecule has 0 bridgehead atoms. The van der Waals surface area contributed by atoms with Crippen LogP contribution in [0.15, 0.2) is 28.7 Å². The van der Waals surface area contributed by atoms with Gasteiger partial charge in [-0.3, -0.25) is 9.69 Å². The smallest absolute Gasteiger partial charge is 0.224 e. The van der Waals surface area contributed by atoms with Gasteiger partial charge in [0.2, 0.25) is 5.91 Å². The van der Waals surface area contributed by atoms with Crippen molar-refractivity contribution in [1.29, 1.82) is 0 Å². The lowest BCUT2D eigenvalue weighted by Gasteiger charge is -2.32. The van der Waals surface area contributed by atoms with Crippen molar-refractivity contribution in [3.63, 3.8) is 0 Å². The number of rotatable bonds is 8. The molecule has 1 aromatic rings. The number of hydrogen-bond acceptors (Lipinski definition) is 3. The lowest BCUT2D eigenvalue weighted by molar-refractivity contribution is -0.126. The highest BCUT2D eigenvalue weighted by molar-refractivity contribution is 9.10. The van der Waals surface area contributed by atoms with Gasteiger partial charge in [-0.2, -0.15) is 0 Å². The van der Waals surface area contributed by atoms with Gasteiger partial charge in [-0.1, -0.05) is 28.1 Å². The maximum Gasteiger partial charge on any atom is 0.224 e. The average Bonchev–Trinajstić information content (AvgIpc) is 2.55. The minimum absolute atomic E-state index is 0.114. The Morgan fingerprint density at radius 1 is 1.48 bits per heavy atom. The molecule has 1 unspecified atom stereocenters. The standard InChI is InChI=1S/C18H27BrN2O2/c1-2-23-11-5-9-20-18(22)16-7-4-10-21(14-16)13-15-6-3-8-17(19)12-15/h3,6,8,12,16H,2,4-5,7,9-11,13-14H2,1H3,(H,20,22). The largest absolute Gasteiger partial charge is 0.382 e. The molecule has 1 atom stereocenters. The van der Waals surface area contributed by atoms with E-state index in [-0.39, 0.29) is 11.8 Å². The Labute approximate surface area is 147 Å². The zero-order valence-electron chi connectivity index (χ0n) is 13.9. The van der Waals surface area contributed by atoms with Crippen molar-refractivity contribution in [2.24, 2.45) is 5.92 Å². The summed E-state index contributed by atoms with van der Waals surface area (Å²) in [4.78, 5) is 14.7. The zero-order chi connectivity index (χ0) is 16.5. The summed E-state index contributed by atoms with van der Waals surface area (Å²) in [6.45, 7) is 6.98. The number of nitrogens with one attached hydrogen (secondary N) is 1. The van der Waals surface area contributed by atoms with Gasteiger partial charge in [-0.15, -0.1) is 0 Å². The molecule has 0 aliphatic carbocycles. The Kier molecular flexibility index (Phi) is 8.06. The number of likely N-dealkylation sites (tertiary alicyclic amines) is 1. The molecule has 0 radical (unpaired) electrons. The molecule has 4 nitrogen and oxygen atoms in total. The molecule has 1 heterocycles. The summed E-state index contributed by atoms with van der Waals surface area (Å²) < 4.78 is 6.40. The topological polar surface area (TPSA) is 41.6 Å². The number of hydrogen-bond donors (Lipinski definition) is 1. The first-order chi connectivity index (χ1) is 11.2. The summed E-state index contributed by atoms with van der Waals surface area (Å²) >= 11 is 3.52. The number of halogens is 1. The molecule has 0 spiro atoms. The third-order valence-corrected chi connectivity index (χ3v) is 4.63. The Bertz CT molecular complexity index is 496. The van der Waals surface area contributed by atoms with E-state index in [0.717, 1.165) is 56.6 Å². The molecule has 1 N–H and O–H groups in total. The van der Waals surface area contributed by atoms with Gasteiger partial charge < -0.3 is 10.1 Å². The molecule has 128 valence electrons. The lowest BCUT2D eigenvalue weighted by Crippen LogP contribution is -2.43. The first kappa shape index (κ1) is 18.4. The van der Waals surface area contributed by atoms with Crippen molar-refractivity contribution in [2.75, 3.05) is 32.8 Å². The van der Waals surface area contributed by atoms with Gasteiger partial charge in [0.05, 0.1) is 5.92 Å². The monoisotopic (exact) mass is 382 g/mol. The fourth-order valence-electron chi connectivity index (χ4n) is 2.98. The summed E-state index contributed by atoms with van der Waals surface area (Å²) in [6.07, 6.45) is 2.96. The third kappa shape index (κ3) is 6.61. The first-order valence-electron chi connectivity index (χ1n) is 8.51. The number of piperidine rings is 1. The molecular weight excluding hydrogens is 356 g/mol. The molecule has 1 aliphatic rings. The highest BCUT2D eigenvalue weighted by Crippen LogP contribution is 2.20. The van der Waals surface area contributed by atoms with Gasteiger partial charge in [0.1, 0.15) is 0 Å². The quantitative estimate of drug-likeness (QED) is 0.701. The van der Waals surface area contributed by atoms with Gasteiger partial charge in [0.25, 0.3) is 0 Å². The molecule has 1 aromatic carbocycles. The second kappa shape index (κ2) is 10.1. The van der Waals surface area contributed by atoms with Crippen LogP contribution in [-0.4, -0.2) is 43.7 Å². The second-order valence-corrected chi connectivity index (χ2v) is 6.96. The van der Waals surface area contributed by atoms with Gasteiger partial charge in [-0.05, 0) is 50.4 Å². The van der Waals surface area contributed by atoms with E-state index in [1.807, 2.05) is 13.0 Å². The summed E-state index contributed by atoms with van der Waals surface area (Å²) in [5.41, 5.74) is 1.29. The van der Waals surface area contributed by atoms with Gasteiger partial charge in [0, 0.05) is 37.3 Å². The van der Waals surface area contributed by atoms with E-state index in [2.05, 4.69) is 44.3 Å². The first-order valence-corrected chi connectivity index (χ1v) is 9.30. The normalized spacial score (nSPS) is 18.8. The maximum atomic E-state index is 12.3. The Morgan fingerprint density at radius 3 is 3.13 bits per heavy atom. The van der Waals surface area contributed by atoms with Crippen LogP contribution in [-0.2, 0) is 16.1 Å². The van der Waals surface area contributed by atoms with Gasteiger partial charge >= 0.3 is 0 Å². The fourth-order valence-corrected chi connectivity index (χ4v) is 3.43. The van der Waals surface area contributed by atoms with Crippen LogP contribution in [0, 0.1) is 5.92 Å². The minimum atomic E-state index is 0.114. The maximum absolute atomic E-state index is 12.3. The number of nitrogens with zero attached hydrogens (tertiary/aromatic N) is 1. The molecule has 1 aliphatic heterocycles. The second-order valence-electron chi connectivity index (χ2n) is 6.05. The molecule has 0 aromatic heterocycles. The Morgan fingerprint density at radius 2 is 2.35 bits per heavy atom. The average molecular weight is 383 g/mol. The van der Waals surface area contributed by atoms with Crippen LogP contribution in [0.3, 0.4) is 0 Å². The summed E-state index contributed by atoms with van der Waals surface area (Å²) in [5.74, 6) is 0.309. The molecule has 2 rings (SSSR count). The van der Waals surface area contributed by atoms with Crippen LogP contribution in [0.4, 0.5) is 0 Å². The van der Waals surface area contributed by atoms with Crippen molar-refractivity contribution < 1.29 is 9.53 Å². The van der Waals surface area contributed by atoms with Crippen molar-refractivity contribution in [1.82, 2.24) is 10.2 Å². The summed E-state index contributed by atoms with van der Waals surface area (Å²) in [7, 11) is 0. The highest BCUT2D eigenvalue weighted by Gasteiger charge is 2.25. The van der Waals surface area contributed by atoms with Crippen LogP contribution < -0.4 is 5.32 Å². The van der Waals surface area contributed by atoms with E-state index in [0.29, 0.717) is 6.54 Å². The summed E-state index contributed by atoms with van der Waals surface area (Å²) in [6, 6.07) is 8.39.